The fourth-order valence-corrected chi connectivity index (χ4v) is 2.76. The number of benzene rings is 1. The number of rotatable bonds is 5. The average molecular weight is 323 g/mol. The van der Waals surface area contributed by atoms with Gasteiger partial charge in [0.25, 0.3) is 0 Å². The van der Waals surface area contributed by atoms with E-state index in [0.717, 1.165) is 0 Å². The van der Waals surface area contributed by atoms with E-state index in [4.69, 9.17) is 9.47 Å². The van der Waals surface area contributed by atoms with E-state index in [0.29, 0.717) is 23.5 Å². The van der Waals surface area contributed by atoms with Crippen LogP contribution in [-0.2, 0) is 16.0 Å². The molecular weight excluding hydrogens is 302 g/mol. The van der Waals surface area contributed by atoms with Gasteiger partial charge in [-0.15, -0.1) is 0 Å². The van der Waals surface area contributed by atoms with Crippen LogP contribution in [0.25, 0.3) is 0 Å². The van der Waals surface area contributed by atoms with Crippen molar-refractivity contribution in [3.63, 3.8) is 0 Å². The van der Waals surface area contributed by atoms with Gasteiger partial charge >= 0.3 is 5.97 Å². The summed E-state index contributed by atoms with van der Waals surface area (Å²) in [5.41, 5.74) is 0.632. The van der Waals surface area contributed by atoms with Crippen molar-refractivity contribution in [2.24, 2.45) is 0 Å². The number of aliphatic carboxylic acids is 1. The lowest BCUT2D eigenvalue weighted by Gasteiger charge is -2.35. The number of carbonyl (C=O) groups excluding carboxylic acids is 1. The number of carboxylic acid groups (broad SMARTS) is 1. The Morgan fingerprint density at radius 2 is 2.04 bits per heavy atom. The van der Waals surface area contributed by atoms with Crippen LogP contribution in [-0.4, -0.2) is 59.9 Å². The highest BCUT2D eigenvalue weighted by molar-refractivity contribution is 5.85. The SMILES string of the molecule is COc1ccc(OC)c(CC(=O)N2CC[C@@H](O)C[C@H]2C(=O)O)c1. The van der Waals surface area contributed by atoms with Gasteiger partial charge in [0.05, 0.1) is 26.7 Å². The molecule has 126 valence electrons. The maximum atomic E-state index is 12.5. The molecule has 7 heteroatoms. The molecule has 0 radical (unpaired) electrons. The van der Waals surface area contributed by atoms with Crippen molar-refractivity contribution in [2.75, 3.05) is 20.8 Å². The van der Waals surface area contributed by atoms with Crippen molar-refractivity contribution in [1.82, 2.24) is 4.90 Å². The van der Waals surface area contributed by atoms with Crippen LogP contribution in [0.5, 0.6) is 11.5 Å². The van der Waals surface area contributed by atoms with Gasteiger partial charge < -0.3 is 24.6 Å². The van der Waals surface area contributed by atoms with Crippen molar-refractivity contribution >= 4 is 11.9 Å². The van der Waals surface area contributed by atoms with Gasteiger partial charge in [-0.1, -0.05) is 0 Å². The molecule has 1 heterocycles. The van der Waals surface area contributed by atoms with Crippen LogP contribution in [0.2, 0.25) is 0 Å². The van der Waals surface area contributed by atoms with Crippen molar-refractivity contribution in [3.05, 3.63) is 23.8 Å². The molecule has 23 heavy (non-hydrogen) atoms. The number of carbonyl (C=O) groups is 2. The van der Waals surface area contributed by atoms with Gasteiger partial charge in [-0.2, -0.15) is 0 Å². The molecule has 0 saturated carbocycles. The lowest BCUT2D eigenvalue weighted by molar-refractivity contribution is -0.154. The van der Waals surface area contributed by atoms with Crippen LogP contribution in [0.1, 0.15) is 18.4 Å². The second-order valence-corrected chi connectivity index (χ2v) is 5.47. The molecule has 1 fully saturated rings. The maximum absolute atomic E-state index is 12.5. The van der Waals surface area contributed by atoms with E-state index in [2.05, 4.69) is 0 Å². The third-order valence-electron chi connectivity index (χ3n) is 4.01. The van der Waals surface area contributed by atoms with Crippen LogP contribution in [0, 0.1) is 0 Å². The smallest absolute Gasteiger partial charge is 0.326 e. The number of likely N-dealkylation sites (tertiary alicyclic amines) is 1. The minimum absolute atomic E-state index is 0.0141. The normalized spacial score (nSPS) is 20.9. The summed E-state index contributed by atoms with van der Waals surface area (Å²) in [7, 11) is 3.03. The fraction of sp³-hybridized carbons (Fsp3) is 0.500. The van der Waals surface area contributed by atoms with E-state index >= 15 is 0 Å². The molecule has 0 unspecified atom stereocenters. The highest BCUT2D eigenvalue weighted by Gasteiger charge is 2.35. The van der Waals surface area contributed by atoms with Gasteiger partial charge in [-0.3, -0.25) is 4.79 Å². The monoisotopic (exact) mass is 323 g/mol. The first kappa shape index (κ1) is 17.1. The predicted octanol–water partition coefficient (Wildman–Crippen LogP) is 0.683. The largest absolute Gasteiger partial charge is 0.497 e. The number of nitrogens with zero attached hydrogens (tertiary/aromatic N) is 1. The number of aliphatic hydroxyl groups excluding tert-OH is 1. The summed E-state index contributed by atoms with van der Waals surface area (Å²) in [6.45, 7) is 0.225. The van der Waals surface area contributed by atoms with E-state index in [9.17, 15) is 19.8 Å². The Bertz CT molecular complexity index is 588. The van der Waals surface area contributed by atoms with Gasteiger partial charge in [-0.25, -0.2) is 4.79 Å². The first-order chi connectivity index (χ1) is 11.0. The third-order valence-corrected chi connectivity index (χ3v) is 4.01. The van der Waals surface area contributed by atoms with Gasteiger partial charge in [0, 0.05) is 18.5 Å². The van der Waals surface area contributed by atoms with Crippen molar-refractivity contribution in [1.29, 1.82) is 0 Å². The summed E-state index contributed by atoms with van der Waals surface area (Å²) < 4.78 is 10.4. The number of carboxylic acids is 1. The zero-order chi connectivity index (χ0) is 17.0. The highest BCUT2D eigenvalue weighted by atomic mass is 16.5. The molecule has 2 rings (SSSR count). The summed E-state index contributed by atoms with van der Waals surface area (Å²) in [5, 5.41) is 18.9. The first-order valence-electron chi connectivity index (χ1n) is 7.37. The van der Waals surface area contributed by atoms with Crippen LogP contribution in [0.15, 0.2) is 18.2 Å². The van der Waals surface area contributed by atoms with Gasteiger partial charge in [-0.05, 0) is 24.6 Å². The van der Waals surface area contributed by atoms with Crippen LogP contribution in [0.3, 0.4) is 0 Å². The Hall–Kier alpha value is -2.28. The summed E-state index contributed by atoms with van der Waals surface area (Å²) >= 11 is 0. The van der Waals surface area contributed by atoms with E-state index in [-0.39, 0.29) is 25.3 Å². The van der Waals surface area contributed by atoms with Crippen molar-refractivity contribution < 1.29 is 29.3 Å². The summed E-state index contributed by atoms with van der Waals surface area (Å²) in [5.74, 6) is -0.272. The zero-order valence-electron chi connectivity index (χ0n) is 13.2. The number of amides is 1. The average Bonchev–Trinajstić information content (AvgIpc) is 2.54. The Kier molecular flexibility index (Phi) is 5.44. The lowest BCUT2D eigenvalue weighted by atomic mass is 9.98. The Labute approximate surface area is 134 Å². The van der Waals surface area contributed by atoms with Crippen molar-refractivity contribution in [3.8, 4) is 11.5 Å². The Balaban J connectivity index is 2.19. The van der Waals surface area contributed by atoms with E-state index in [1.54, 1.807) is 18.2 Å². The molecule has 2 N–H and O–H groups in total. The Morgan fingerprint density at radius 3 is 2.65 bits per heavy atom. The molecule has 0 aromatic heterocycles. The third kappa shape index (κ3) is 3.92. The predicted molar refractivity (Wildman–Crippen MR) is 81.6 cm³/mol. The van der Waals surface area contributed by atoms with E-state index in [1.807, 2.05) is 0 Å². The minimum Gasteiger partial charge on any atom is -0.497 e. The van der Waals surface area contributed by atoms with Crippen molar-refractivity contribution in [2.45, 2.75) is 31.4 Å². The van der Waals surface area contributed by atoms with Crippen LogP contribution < -0.4 is 9.47 Å². The fourth-order valence-electron chi connectivity index (χ4n) is 2.76. The number of ether oxygens (including phenoxy) is 2. The number of aliphatic hydroxyl groups is 1. The molecule has 0 bridgehead atoms. The van der Waals surface area contributed by atoms with Gasteiger partial charge in [0.1, 0.15) is 17.5 Å². The number of hydrogen-bond donors (Lipinski definition) is 2. The molecule has 1 saturated heterocycles. The van der Waals surface area contributed by atoms with Gasteiger partial charge in [0.2, 0.25) is 5.91 Å². The van der Waals surface area contributed by atoms with Gasteiger partial charge in [0.15, 0.2) is 0 Å². The molecule has 1 aliphatic rings. The quantitative estimate of drug-likeness (QED) is 0.827. The lowest BCUT2D eigenvalue weighted by Crippen LogP contribution is -2.51. The van der Waals surface area contributed by atoms with Crippen LogP contribution >= 0.6 is 0 Å². The molecule has 7 nitrogen and oxygen atoms in total. The minimum atomic E-state index is -1.10. The molecule has 0 aliphatic carbocycles. The first-order valence-corrected chi connectivity index (χ1v) is 7.37. The number of hydrogen-bond acceptors (Lipinski definition) is 5. The second kappa shape index (κ2) is 7.32. The molecule has 2 atom stereocenters. The second-order valence-electron chi connectivity index (χ2n) is 5.47. The summed E-state index contributed by atoms with van der Waals surface area (Å²) in [6.07, 6.45) is -0.243. The van der Waals surface area contributed by atoms with Crippen LogP contribution in [0.4, 0.5) is 0 Å². The molecule has 1 amide bonds. The summed E-state index contributed by atoms with van der Waals surface area (Å²) in [4.78, 5) is 25.2. The van der Waals surface area contributed by atoms with E-state index in [1.165, 1.54) is 19.1 Å². The highest BCUT2D eigenvalue weighted by Crippen LogP contribution is 2.26. The molecule has 0 spiro atoms. The molecule has 1 aromatic rings. The Morgan fingerprint density at radius 1 is 1.30 bits per heavy atom. The number of methoxy groups -OCH3 is 2. The molecule has 1 aliphatic heterocycles. The standard InChI is InChI=1S/C16H21NO6/c1-22-12-3-4-14(23-2)10(7-12)8-15(19)17-6-5-11(18)9-13(17)16(20)21/h3-4,7,11,13,18H,5-6,8-9H2,1-2H3,(H,20,21)/t11-,13+/m1/s1. The van der Waals surface area contributed by atoms with E-state index < -0.39 is 18.1 Å². The number of piperidine rings is 1. The zero-order valence-corrected chi connectivity index (χ0v) is 13.2. The molecular formula is C16H21NO6. The topological polar surface area (TPSA) is 96.3 Å². The maximum Gasteiger partial charge on any atom is 0.326 e. The summed E-state index contributed by atoms with van der Waals surface area (Å²) in [6, 6.07) is 4.13. The molecule has 1 aromatic carbocycles.